The van der Waals surface area contributed by atoms with E-state index < -0.39 is 17.8 Å². The smallest absolute Gasteiger partial charge is 0.325 e. The van der Waals surface area contributed by atoms with Gasteiger partial charge in [0.1, 0.15) is 19.3 Å². The number of rotatable bonds is 3. The Balaban J connectivity index is 2.58. The Kier molecular flexibility index (Phi) is 3.24. The molecule has 0 saturated heterocycles. The van der Waals surface area contributed by atoms with E-state index in [4.69, 9.17) is 25.1 Å². The third kappa shape index (κ3) is 1.92. The number of benzene rings is 1. The Morgan fingerprint density at radius 2 is 2.22 bits per heavy atom. The topological polar surface area (TPSA) is 91.0 Å². The number of fused-ring (bicyclic) bond motifs is 1. The van der Waals surface area contributed by atoms with Gasteiger partial charge < -0.3 is 25.1 Å². The zero-order valence-corrected chi connectivity index (χ0v) is 9.60. The monoisotopic (exact) mass is 257 g/mol. The van der Waals surface area contributed by atoms with Gasteiger partial charge in [0.25, 0.3) is 0 Å². The molecule has 0 aromatic heterocycles. The number of aliphatic carboxylic acids is 1. The van der Waals surface area contributed by atoms with Gasteiger partial charge in [-0.15, -0.1) is 0 Å². The summed E-state index contributed by atoms with van der Waals surface area (Å²) >= 11 is 0. The normalized spacial score (nSPS) is 15.1. The molecule has 1 atom stereocenters. The van der Waals surface area contributed by atoms with E-state index >= 15 is 0 Å². The Labute approximate surface area is 102 Å². The summed E-state index contributed by atoms with van der Waals surface area (Å²) in [6.07, 6.45) is 0. The number of halogens is 1. The molecule has 1 aromatic carbocycles. The molecule has 2 rings (SSSR count). The van der Waals surface area contributed by atoms with Gasteiger partial charge in [0.05, 0.1) is 7.11 Å². The van der Waals surface area contributed by atoms with Crippen molar-refractivity contribution in [1.29, 1.82) is 0 Å². The van der Waals surface area contributed by atoms with Crippen LogP contribution in [0.15, 0.2) is 6.07 Å². The van der Waals surface area contributed by atoms with E-state index in [-0.39, 0.29) is 36.0 Å². The molecule has 0 fully saturated rings. The summed E-state index contributed by atoms with van der Waals surface area (Å²) in [6, 6.07) is -0.0693. The number of carboxylic acids is 1. The molecule has 18 heavy (non-hydrogen) atoms. The highest BCUT2D eigenvalue weighted by Gasteiger charge is 2.28. The predicted octanol–water partition coefficient (Wildman–Crippen LogP) is 0.690. The molecule has 0 radical (unpaired) electrons. The Morgan fingerprint density at radius 1 is 1.56 bits per heavy atom. The van der Waals surface area contributed by atoms with Crippen LogP contribution in [0.1, 0.15) is 11.6 Å². The van der Waals surface area contributed by atoms with Gasteiger partial charge in [0.15, 0.2) is 11.5 Å². The van der Waals surface area contributed by atoms with Crippen molar-refractivity contribution < 1.29 is 28.5 Å². The van der Waals surface area contributed by atoms with Crippen LogP contribution in [0.25, 0.3) is 0 Å². The molecule has 0 bridgehead atoms. The summed E-state index contributed by atoms with van der Waals surface area (Å²) in [4.78, 5) is 10.9. The molecule has 1 unspecified atom stereocenters. The number of methoxy groups -OCH3 is 1. The van der Waals surface area contributed by atoms with Crippen molar-refractivity contribution in [2.24, 2.45) is 5.73 Å². The Morgan fingerprint density at radius 3 is 2.83 bits per heavy atom. The lowest BCUT2D eigenvalue weighted by Gasteiger charge is -2.22. The number of carbonyl (C=O) groups is 1. The highest BCUT2D eigenvalue weighted by atomic mass is 19.1. The lowest BCUT2D eigenvalue weighted by atomic mass is 10.0. The van der Waals surface area contributed by atoms with Crippen molar-refractivity contribution in [3.05, 3.63) is 17.4 Å². The first-order chi connectivity index (χ1) is 8.56. The molecule has 7 heteroatoms. The van der Waals surface area contributed by atoms with Crippen molar-refractivity contribution in [1.82, 2.24) is 0 Å². The van der Waals surface area contributed by atoms with Crippen LogP contribution >= 0.6 is 0 Å². The van der Waals surface area contributed by atoms with Crippen LogP contribution in [-0.2, 0) is 4.79 Å². The van der Waals surface area contributed by atoms with Crippen LogP contribution in [0, 0.1) is 5.82 Å². The van der Waals surface area contributed by atoms with Gasteiger partial charge in [0.2, 0.25) is 11.6 Å². The maximum absolute atomic E-state index is 14.1. The first kappa shape index (κ1) is 12.4. The summed E-state index contributed by atoms with van der Waals surface area (Å²) < 4.78 is 29.2. The zero-order valence-electron chi connectivity index (χ0n) is 9.60. The van der Waals surface area contributed by atoms with Crippen molar-refractivity contribution in [3.63, 3.8) is 0 Å². The molecule has 98 valence electrons. The molecule has 6 nitrogen and oxygen atoms in total. The lowest BCUT2D eigenvalue weighted by Crippen LogP contribution is -2.23. The van der Waals surface area contributed by atoms with E-state index in [1.165, 1.54) is 13.2 Å². The Hall–Kier alpha value is -2.02. The standard InChI is InChI=1S/C11H12FNO5/c1-16-9-5(8(13)11(14)15)4-6-10(7(9)12)18-3-2-17-6/h4,8H,2-3,13H2,1H3,(H,14,15). The van der Waals surface area contributed by atoms with Gasteiger partial charge >= 0.3 is 5.97 Å². The fourth-order valence-electron chi connectivity index (χ4n) is 1.72. The van der Waals surface area contributed by atoms with Crippen molar-refractivity contribution in [3.8, 4) is 17.2 Å². The number of ether oxygens (including phenoxy) is 3. The molecule has 1 heterocycles. The van der Waals surface area contributed by atoms with Gasteiger partial charge in [-0.3, -0.25) is 4.79 Å². The molecule has 0 spiro atoms. The molecule has 1 aliphatic rings. The molecule has 1 aliphatic heterocycles. The average molecular weight is 257 g/mol. The molecule has 1 aromatic rings. The first-order valence-corrected chi connectivity index (χ1v) is 5.20. The summed E-state index contributed by atoms with van der Waals surface area (Å²) in [5.41, 5.74) is 5.48. The summed E-state index contributed by atoms with van der Waals surface area (Å²) in [7, 11) is 1.23. The minimum absolute atomic E-state index is 0.00625. The van der Waals surface area contributed by atoms with Crippen molar-refractivity contribution in [2.45, 2.75) is 6.04 Å². The highest BCUT2D eigenvalue weighted by molar-refractivity contribution is 5.77. The minimum Gasteiger partial charge on any atom is -0.493 e. The molecule has 0 aliphatic carbocycles. The number of hydrogen-bond donors (Lipinski definition) is 2. The van der Waals surface area contributed by atoms with E-state index in [1.807, 2.05) is 0 Å². The van der Waals surface area contributed by atoms with E-state index in [1.54, 1.807) is 0 Å². The van der Waals surface area contributed by atoms with E-state index in [2.05, 4.69) is 0 Å². The second-order valence-electron chi connectivity index (χ2n) is 3.65. The third-order valence-electron chi connectivity index (χ3n) is 2.56. The largest absolute Gasteiger partial charge is 0.493 e. The summed E-state index contributed by atoms with van der Waals surface area (Å²) in [6.45, 7) is 0.484. The zero-order chi connectivity index (χ0) is 13.3. The highest BCUT2D eigenvalue weighted by Crippen LogP contribution is 2.42. The van der Waals surface area contributed by atoms with Crippen LogP contribution in [0.3, 0.4) is 0 Å². The summed E-state index contributed by atoms with van der Waals surface area (Å²) in [5, 5.41) is 8.88. The fraction of sp³-hybridized carbons (Fsp3) is 0.364. The molecule has 0 saturated carbocycles. The average Bonchev–Trinajstić information content (AvgIpc) is 2.37. The van der Waals surface area contributed by atoms with Crippen LogP contribution < -0.4 is 19.9 Å². The second-order valence-corrected chi connectivity index (χ2v) is 3.65. The minimum atomic E-state index is -1.40. The Bertz CT molecular complexity index is 491. The molecule has 0 amide bonds. The van der Waals surface area contributed by atoms with Crippen molar-refractivity contribution in [2.75, 3.05) is 20.3 Å². The van der Waals surface area contributed by atoms with Crippen LogP contribution in [-0.4, -0.2) is 31.4 Å². The van der Waals surface area contributed by atoms with E-state index in [9.17, 15) is 9.18 Å². The number of nitrogens with two attached hydrogens (primary N) is 1. The SMILES string of the molecule is COc1c(C(N)C(=O)O)cc2c(c1F)OCCO2. The lowest BCUT2D eigenvalue weighted by molar-refractivity contribution is -0.138. The summed E-state index contributed by atoms with van der Waals surface area (Å²) in [5.74, 6) is -2.29. The second kappa shape index (κ2) is 4.69. The molecular weight excluding hydrogens is 245 g/mol. The van der Waals surface area contributed by atoms with Crippen LogP contribution in [0.5, 0.6) is 17.2 Å². The third-order valence-corrected chi connectivity index (χ3v) is 2.56. The maximum atomic E-state index is 14.1. The molecular formula is C11H12FNO5. The van der Waals surface area contributed by atoms with E-state index in [0.29, 0.717) is 0 Å². The van der Waals surface area contributed by atoms with E-state index in [0.717, 1.165) is 0 Å². The molecule has 3 N–H and O–H groups in total. The van der Waals surface area contributed by atoms with Crippen LogP contribution in [0.2, 0.25) is 0 Å². The maximum Gasteiger partial charge on any atom is 0.325 e. The predicted molar refractivity (Wildman–Crippen MR) is 58.5 cm³/mol. The van der Waals surface area contributed by atoms with Gasteiger partial charge in [-0.1, -0.05) is 0 Å². The van der Waals surface area contributed by atoms with Gasteiger partial charge in [-0.2, -0.15) is 4.39 Å². The van der Waals surface area contributed by atoms with Gasteiger partial charge in [-0.25, -0.2) is 0 Å². The first-order valence-electron chi connectivity index (χ1n) is 5.20. The van der Waals surface area contributed by atoms with Crippen molar-refractivity contribution >= 4 is 5.97 Å². The number of hydrogen-bond acceptors (Lipinski definition) is 5. The van der Waals surface area contributed by atoms with Gasteiger partial charge in [0, 0.05) is 5.56 Å². The quantitative estimate of drug-likeness (QED) is 0.827. The van der Waals surface area contributed by atoms with Gasteiger partial charge in [-0.05, 0) is 6.07 Å². The number of carboxylic acid groups (broad SMARTS) is 1. The van der Waals surface area contributed by atoms with Crippen LogP contribution in [0.4, 0.5) is 4.39 Å². The fourth-order valence-corrected chi connectivity index (χ4v) is 1.72.